The summed E-state index contributed by atoms with van der Waals surface area (Å²) in [5.41, 5.74) is 1.11. The SMILES string of the molecule is CCc1cnc(OC2CCCN(C(=O)CC3CCCC3)C2)nc1. The van der Waals surface area contributed by atoms with Crippen LogP contribution in [0.1, 0.15) is 57.4 Å². The predicted molar refractivity (Wildman–Crippen MR) is 88.2 cm³/mol. The molecule has 0 spiro atoms. The molecule has 1 saturated heterocycles. The van der Waals surface area contributed by atoms with Gasteiger partial charge in [-0.15, -0.1) is 0 Å². The van der Waals surface area contributed by atoms with E-state index in [9.17, 15) is 4.79 Å². The summed E-state index contributed by atoms with van der Waals surface area (Å²) in [4.78, 5) is 23.0. The topological polar surface area (TPSA) is 55.3 Å². The lowest BCUT2D eigenvalue weighted by atomic mass is 10.0. The molecule has 0 bridgehead atoms. The van der Waals surface area contributed by atoms with Crippen molar-refractivity contribution in [2.45, 2.75) is 64.4 Å². The van der Waals surface area contributed by atoms with Gasteiger partial charge in [0.15, 0.2) is 0 Å². The molecule has 1 aliphatic heterocycles. The van der Waals surface area contributed by atoms with Crippen molar-refractivity contribution in [1.29, 1.82) is 0 Å². The van der Waals surface area contributed by atoms with Crippen molar-refractivity contribution in [3.05, 3.63) is 18.0 Å². The van der Waals surface area contributed by atoms with Gasteiger partial charge in [-0.25, -0.2) is 9.97 Å². The van der Waals surface area contributed by atoms with Crippen molar-refractivity contribution < 1.29 is 9.53 Å². The number of nitrogens with zero attached hydrogens (tertiary/aromatic N) is 3. The molecule has 1 aromatic rings. The van der Waals surface area contributed by atoms with Crippen molar-refractivity contribution in [2.24, 2.45) is 5.92 Å². The van der Waals surface area contributed by atoms with Crippen LogP contribution in [0.4, 0.5) is 0 Å². The molecule has 126 valence electrons. The minimum absolute atomic E-state index is 0.0174. The first-order valence-electron chi connectivity index (χ1n) is 9.00. The lowest BCUT2D eigenvalue weighted by Gasteiger charge is -2.33. The van der Waals surface area contributed by atoms with Crippen LogP contribution in [0.5, 0.6) is 6.01 Å². The van der Waals surface area contributed by atoms with Crippen molar-refractivity contribution in [2.75, 3.05) is 13.1 Å². The molecule has 5 nitrogen and oxygen atoms in total. The minimum atomic E-state index is 0.0174. The average molecular weight is 317 g/mol. The molecule has 2 heterocycles. The summed E-state index contributed by atoms with van der Waals surface area (Å²) in [6.45, 7) is 3.61. The zero-order valence-electron chi connectivity index (χ0n) is 14.0. The highest BCUT2D eigenvalue weighted by Gasteiger charge is 2.27. The lowest BCUT2D eigenvalue weighted by Crippen LogP contribution is -2.44. The molecule has 1 unspecified atom stereocenters. The molecule has 23 heavy (non-hydrogen) atoms. The summed E-state index contributed by atoms with van der Waals surface area (Å²) in [6, 6.07) is 0.428. The van der Waals surface area contributed by atoms with E-state index in [0.717, 1.165) is 31.4 Å². The van der Waals surface area contributed by atoms with Crippen molar-refractivity contribution >= 4 is 5.91 Å². The van der Waals surface area contributed by atoms with E-state index >= 15 is 0 Å². The summed E-state index contributed by atoms with van der Waals surface area (Å²) in [7, 11) is 0. The van der Waals surface area contributed by atoms with Gasteiger partial charge in [-0.05, 0) is 43.6 Å². The fourth-order valence-corrected chi connectivity index (χ4v) is 3.59. The van der Waals surface area contributed by atoms with Gasteiger partial charge in [-0.2, -0.15) is 0 Å². The fourth-order valence-electron chi connectivity index (χ4n) is 3.59. The van der Waals surface area contributed by atoms with Crippen LogP contribution in [0.25, 0.3) is 0 Å². The Morgan fingerprint density at radius 1 is 1.22 bits per heavy atom. The minimum Gasteiger partial charge on any atom is -0.458 e. The number of carbonyl (C=O) groups excluding carboxylic acids is 1. The van der Waals surface area contributed by atoms with Crippen LogP contribution in [-0.4, -0.2) is 40.0 Å². The van der Waals surface area contributed by atoms with E-state index in [-0.39, 0.29) is 6.10 Å². The van der Waals surface area contributed by atoms with Gasteiger partial charge in [0.1, 0.15) is 6.10 Å². The first kappa shape index (κ1) is 16.2. The Labute approximate surface area is 138 Å². The number of likely N-dealkylation sites (tertiary alicyclic amines) is 1. The van der Waals surface area contributed by atoms with Gasteiger partial charge in [-0.1, -0.05) is 19.8 Å². The third-order valence-corrected chi connectivity index (χ3v) is 5.03. The molecule has 2 fully saturated rings. The van der Waals surface area contributed by atoms with Crippen molar-refractivity contribution in [3.8, 4) is 6.01 Å². The van der Waals surface area contributed by atoms with Crippen molar-refractivity contribution in [3.63, 3.8) is 0 Å². The predicted octanol–water partition coefficient (Wildman–Crippen LogP) is 2.99. The average Bonchev–Trinajstić information content (AvgIpc) is 3.09. The van der Waals surface area contributed by atoms with Crippen LogP contribution in [0.2, 0.25) is 0 Å². The molecule has 0 N–H and O–H groups in total. The Morgan fingerprint density at radius 3 is 2.65 bits per heavy atom. The molecule has 5 heteroatoms. The van der Waals surface area contributed by atoms with E-state index < -0.39 is 0 Å². The zero-order chi connectivity index (χ0) is 16.1. The Kier molecular flexibility index (Phi) is 5.47. The second-order valence-corrected chi connectivity index (χ2v) is 6.80. The second-order valence-electron chi connectivity index (χ2n) is 6.80. The fraction of sp³-hybridized carbons (Fsp3) is 0.722. The monoisotopic (exact) mass is 317 g/mol. The number of ether oxygens (including phenoxy) is 1. The van der Waals surface area contributed by atoms with Crippen LogP contribution in [0.15, 0.2) is 12.4 Å². The number of rotatable bonds is 5. The molecule has 2 aliphatic rings. The van der Waals surface area contributed by atoms with Crippen molar-refractivity contribution in [1.82, 2.24) is 14.9 Å². The van der Waals surface area contributed by atoms with E-state index in [1.54, 1.807) is 0 Å². The molecule has 1 amide bonds. The number of aryl methyl sites for hydroxylation is 1. The molecule has 3 rings (SSSR count). The largest absolute Gasteiger partial charge is 0.458 e. The van der Waals surface area contributed by atoms with Gasteiger partial charge < -0.3 is 9.64 Å². The Morgan fingerprint density at radius 2 is 1.96 bits per heavy atom. The van der Waals surface area contributed by atoms with Crippen LogP contribution < -0.4 is 4.74 Å². The molecule has 0 radical (unpaired) electrons. The van der Waals surface area contributed by atoms with Crippen LogP contribution in [0, 0.1) is 5.92 Å². The highest BCUT2D eigenvalue weighted by Crippen LogP contribution is 2.28. The Hall–Kier alpha value is -1.65. The summed E-state index contributed by atoms with van der Waals surface area (Å²) in [6.07, 6.45) is 12.3. The van der Waals surface area contributed by atoms with Gasteiger partial charge in [-0.3, -0.25) is 4.79 Å². The molecular weight excluding hydrogens is 290 g/mol. The molecule has 1 atom stereocenters. The maximum absolute atomic E-state index is 12.5. The number of hydrogen-bond acceptors (Lipinski definition) is 4. The number of aromatic nitrogens is 2. The third kappa shape index (κ3) is 4.43. The normalized spacial score (nSPS) is 22.3. The Balaban J connectivity index is 1.51. The maximum atomic E-state index is 12.5. The first-order chi connectivity index (χ1) is 11.2. The molecule has 1 saturated carbocycles. The number of carbonyl (C=O) groups is 1. The van der Waals surface area contributed by atoms with Gasteiger partial charge >= 0.3 is 6.01 Å². The quantitative estimate of drug-likeness (QED) is 0.838. The second kappa shape index (κ2) is 7.75. The highest BCUT2D eigenvalue weighted by atomic mass is 16.5. The summed E-state index contributed by atoms with van der Waals surface area (Å²) < 4.78 is 5.89. The number of hydrogen-bond donors (Lipinski definition) is 0. The van der Waals surface area contributed by atoms with E-state index in [4.69, 9.17) is 4.74 Å². The summed E-state index contributed by atoms with van der Waals surface area (Å²) in [5.74, 6) is 0.904. The smallest absolute Gasteiger partial charge is 0.316 e. The summed E-state index contributed by atoms with van der Waals surface area (Å²) >= 11 is 0. The number of piperidine rings is 1. The standard InChI is InChI=1S/C18H27N3O2/c1-2-14-11-19-18(20-12-14)23-16-8-5-9-21(13-16)17(22)10-15-6-3-4-7-15/h11-12,15-16H,2-10,13H2,1H3. The zero-order valence-corrected chi connectivity index (χ0v) is 14.0. The Bertz CT molecular complexity index is 512. The van der Waals surface area contributed by atoms with Gasteiger partial charge in [0.2, 0.25) is 5.91 Å². The number of amides is 1. The van der Waals surface area contributed by atoms with Crippen LogP contribution in [0.3, 0.4) is 0 Å². The first-order valence-corrected chi connectivity index (χ1v) is 9.00. The van der Waals surface area contributed by atoms with Gasteiger partial charge in [0.05, 0.1) is 6.54 Å². The van der Waals surface area contributed by atoms with Gasteiger partial charge in [0, 0.05) is 25.4 Å². The summed E-state index contributed by atoms with van der Waals surface area (Å²) in [5, 5.41) is 0. The lowest BCUT2D eigenvalue weighted by molar-refractivity contribution is -0.134. The van der Waals surface area contributed by atoms with E-state index in [1.807, 2.05) is 17.3 Å². The van der Waals surface area contributed by atoms with E-state index in [2.05, 4.69) is 16.9 Å². The maximum Gasteiger partial charge on any atom is 0.316 e. The highest BCUT2D eigenvalue weighted by molar-refractivity contribution is 5.76. The van der Waals surface area contributed by atoms with E-state index in [1.165, 1.54) is 25.7 Å². The van der Waals surface area contributed by atoms with Crippen LogP contribution in [-0.2, 0) is 11.2 Å². The molecule has 1 aromatic heterocycles. The van der Waals surface area contributed by atoms with Crippen LogP contribution >= 0.6 is 0 Å². The van der Waals surface area contributed by atoms with Gasteiger partial charge in [0.25, 0.3) is 0 Å². The molecule has 0 aromatic carbocycles. The third-order valence-electron chi connectivity index (χ3n) is 5.03. The molecule has 1 aliphatic carbocycles. The van der Waals surface area contributed by atoms with E-state index in [0.29, 0.717) is 30.8 Å². The molecular formula is C18H27N3O2.